The average Bonchev–Trinajstić information content (AvgIpc) is 3.20. The van der Waals surface area contributed by atoms with Gasteiger partial charge in [-0.1, -0.05) is 0 Å². The van der Waals surface area contributed by atoms with Crippen molar-refractivity contribution in [1.29, 1.82) is 0 Å². The number of aromatic nitrogens is 2. The molecule has 29 heavy (non-hydrogen) atoms. The minimum absolute atomic E-state index is 0.00867. The van der Waals surface area contributed by atoms with Crippen molar-refractivity contribution < 1.29 is 22.7 Å². The fourth-order valence-corrected chi connectivity index (χ4v) is 5.39. The molecule has 1 N–H and O–H groups in total. The number of hydrogen-bond donors (Lipinski definition) is 1. The Hall–Kier alpha value is -1.98. The van der Waals surface area contributed by atoms with Gasteiger partial charge < -0.3 is 14.5 Å². The number of piperidine rings is 1. The molecule has 0 saturated carbocycles. The molecular formula is C18H27N5O5S. The molecule has 3 saturated heterocycles. The summed E-state index contributed by atoms with van der Waals surface area (Å²) in [6.45, 7) is 1.27. The topological polar surface area (TPSA) is 114 Å². The van der Waals surface area contributed by atoms with E-state index in [1.54, 1.807) is 24.0 Å². The molecule has 0 aromatic carbocycles. The van der Waals surface area contributed by atoms with Gasteiger partial charge in [-0.2, -0.15) is 5.10 Å². The lowest BCUT2D eigenvalue weighted by Crippen LogP contribution is -2.62. The monoisotopic (exact) mass is 425 g/mol. The van der Waals surface area contributed by atoms with Gasteiger partial charge in [-0.25, -0.2) is 13.1 Å². The second-order valence-corrected chi connectivity index (χ2v) is 10.1. The Morgan fingerprint density at radius 1 is 1.31 bits per heavy atom. The molecule has 4 rings (SSSR count). The molecule has 1 spiro atoms. The highest BCUT2D eigenvalue weighted by Gasteiger charge is 2.52. The van der Waals surface area contributed by atoms with Gasteiger partial charge in [0.1, 0.15) is 5.69 Å². The van der Waals surface area contributed by atoms with Crippen LogP contribution < -0.4 is 4.72 Å². The number of amides is 2. The van der Waals surface area contributed by atoms with Crippen LogP contribution in [0.5, 0.6) is 0 Å². The molecule has 3 atom stereocenters. The number of hydrogen-bond acceptors (Lipinski definition) is 6. The minimum atomic E-state index is -3.41. The molecule has 3 aliphatic heterocycles. The number of sulfonamides is 1. The smallest absolute Gasteiger partial charge is 0.272 e. The third kappa shape index (κ3) is 4.03. The zero-order valence-corrected chi connectivity index (χ0v) is 17.5. The van der Waals surface area contributed by atoms with E-state index < -0.39 is 15.6 Å². The third-order valence-electron chi connectivity index (χ3n) is 6.18. The maximum Gasteiger partial charge on any atom is 0.272 e. The molecule has 2 amide bonds. The first kappa shape index (κ1) is 20.3. The predicted molar refractivity (Wildman–Crippen MR) is 104 cm³/mol. The largest absolute Gasteiger partial charge is 0.371 e. The summed E-state index contributed by atoms with van der Waals surface area (Å²) in [5, 5.41) is 4.08. The van der Waals surface area contributed by atoms with E-state index in [0.29, 0.717) is 38.2 Å². The Morgan fingerprint density at radius 2 is 2.00 bits per heavy atom. The van der Waals surface area contributed by atoms with Crippen molar-refractivity contribution in [1.82, 2.24) is 24.3 Å². The van der Waals surface area contributed by atoms with Gasteiger partial charge in [-0.3, -0.25) is 14.3 Å². The Bertz CT molecular complexity index is 899. The van der Waals surface area contributed by atoms with Crippen LogP contribution in [0.1, 0.15) is 36.2 Å². The minimum Gasteiger partial charge on any atom is -0.371 e. The molecule has 4 heterocycles. The second-order valence-electron chi connectivity index (χ2n) is 8.29. The SMILES string of the molecule is Cn1nccc1C(=O)N1CCOC2(C[C@H]3CC[C@@H](C2)N3C(=O)CNS(C)(=O)=O)C1. The normalized spacial score (nSPS) is 29.4. The zero-order valence-electron chi connectivity index (χ0n) is 16.7. The first-order valence-corrected chi connectivity index (χ1v) is 11.7. The van der Waals surface area contributed by atoms with Crippen LogP contribution in [0.3, 0.4) is 0 Å². The molecular weight excluding hydrogens is 398 g/mol. The average molecular weight is 426 g/mol. The van der Waals surface area contributed by atoms with Crippen LogP contribution in [0.2, 0.25) is 0 Å². The molecule has 10 nitrogen and oxygen atoms in total. The quantitative estimate of drug-likeness (QED) is 0.685. The summed E-state index contributed by atoms with van der Waals surface area (Å²) in [7, 11) is -1.67. The van der Waals surface area contributed by atoms with Gasteiger partial charge in [-0.05, 0) is 31.7 Å². The molecule has 2 bridgehead atoms. The van der Waals surface area contributed by atoms with Gasteiger partial charge in [0.15, 0.2) is 0 Å². The molecule has 3 fully saturated rings. The predicted octanol–water partition coefficient (Wildman–Crippen LogP) is -0.666. The molecule has 11 heteroatoms. The fourth-order valence-electron chi connectivity index (χ4n) is 5.01. The molecule has 0 radical (unpaired) electrons. The number of carbonyl (C=O) groups excluding carboxylic acids is 2. The van der Waals surface area contributed by atoms with Crippen LogP contribution >= 0.6 is 0 Å². The van der Waals surface area contributed by atoms with Crippen molar-refractivity contribution in [2.24, 2.45) is 7.05 Å². The summed E-state index contributed by atoms with van der Waals surface area (Å²) in [6.07, 6.45) is 5.71. The van der Waals surface area contributed by atoms with E-state index >= 15 is 0 Å². The number of ether oxygens (including phenoxy) is 1. The lowest BCUT2D eigenvalue weighted by Gasteiger charge is -2.50. The van der Waals surface area contributed by atoms with Gasteiger partial charge in [0.25, 0.3) is 5.91 Å². The highest BCUT2D eigenvalue weighted by Crippen LogP contribution is 2.44. The Kier molecular flexibility index (Phi) is 5.16. The van der Waals surface area contributed by atoms with Crippen LogP contribution in [0.25, 0.3) is 0 Å². The van der Waals surface area contributed by atoms with E-state index in [9.17, 15) is 18.0 Å². The van der Waals surface area contributed by atoms with Gasteiger partial charge in [0.05, 0.1) is 31.6 Å². The fraction of sp³-hybridized carbons (Fsp3) is 0.722. The van der Waals surface area contributed by atoms with E-state index in [-0.39, 0.29) is 30.4 Å². The first-order chi connectivity index (χ1) is 13.7. The van der Waals surface area contributed by atoms with E-state index in [2.05, 4.69) is 9.82 Å². The van der Waals surface area contributed by atoms with Crippen molar-refractivity contribution in [3.05, 3.63) is 18.0 Å². The molecule has 0 aliphatic carbocycles. The van der Waals surface area contributed by atoms with E-state index in [1.165, 1.54) is 0 Å². The van der Waals surface area contributed by atoms with Crippen molar-refractivity contribution in [2.45, 2.75) is 43.4 Å². The van der Waals surface area contributed by atoms with Crippen molar-refractivity contribution in [3.8, 4) is 0 Å². The van der Waals surface area contributed by atoms with Gasteiger partial charge in [-0.15, -0.1) is 0 Å². The number of nitrogens with zero attached hydrogens (tertiary/aromatic N) is 4. The van der Waals surface area contributed by atoms with Crippen LogP contribution in [0.15, 0.2) is 12.3 Å². The van der Waals surface area contributed by atoms with Crippen LogP contribution in [-0.4, -0.2) is 90.0 Å². The number of rotatable bonds is 4. The third-order valence-corrected chi connectivity index (χ3v) is 6.85. The van der Waals surface area contributed by atoms with Gasteiger partial charge >= 0.3 is 0 Å². The van der Waals surface area contributed by atoms with Crippen molar-refractivity contribution >= 4 is 21.8 Å². The van der Waals surface area contributed by atoms with Crippen LogP contribution in [0.4, 0.5) is 0 Å². The maximum absolute atomic E-state index is 12.9. The van der Waals surface area contributed by atoms with E-state index in [0.717, 1.165) is 19.1 Å². The summed E-state index contributed by atoms with van der Waals surface area (Å²) < 4.78 is 32.7. The summed E-state index contributed by atoms with van der Waals surface area (Å²) in [6, 6.07) is 1.73. The van der Waals surface area contributed by atoms with Crippen LogP contribution in [-0.2, 0) is 26.6 Å². The summed E-state index contributed by atoms with van der Waals surface area (Å²) in [4.78, 5) is 29.2. The molecule has 1 aromatic rings. The summed E-state index contributed by atoms with van der Waals surface area (Å²) >= 11 is 0. The number of morpholine rings is 1. The molecule has 3 aliphatic rings. The molecule has 160 valence electrons. The van der Waals surface area contributed by atoms with Crippen LogP contribution in [0, 0.1) is 0 Å². The summed E-state index contributed by atoms with van der Waals surface area (Å²) in [5.41, 5.74) is 0.0869. The van der Waals surface area contributed by atoms with E-state index in [1.807, 2.05) is 9.80 Å². The summed E-state index contributed by atoms with van der Waals surface area (Å²) in [5.74, 6) is -0.257. The number of aryl methyl sites for hydroxylation is 1. The number of fused-ring (bicyclic) bond motifs is 2. The Balaban J connectivity index is 1.45. The highest BCUT2D eigenvalue weighted by atomic mass is 32.2. The van der Waals surface area contributed by atoms with Crippen molar-refractivity contribution in [2.75, 3.05) is 32.5 Å². The first-order valence-electron chi connectivity index (χ1n) is 9.84. The van der Waals surface area contributed by atoms with Gasteiger partial charge in [0, 0.05) is 31.9 Å². The second kappa shape index (κ2) is 7.37. The number of carbonyl (C=O) groups is 2. The lowest BCUT2D eigenvalue weighted by atomic mass is 9.84. The lowest BCUT2D eigenvalue weighted by molar-refractivity contribution is -0.157. The molecule has 1 aromatic heterocycles. The highest BCUT2D eigenvalue weighted by molar-refractivity contribution is 7.88. The Labute approximate surface area is 170 Å². The number of nitrogens with one attached hydrogen (secondary N) is 1. The van der Waals surface area contributed by atoms with Crippen molar-refractivity contribution in [3.63, 3.8) is 0 Å². The standard InChI is InChI=1S/C18H27N5O5S/c1-21-15(5-6-19-21)17(25)22-7-8-28-18(12-22)9-13-3-4-14(10-18)23(13)16(24)11-20-29(2,26)27/h5-6,13-14,20H,3-4,7-12H2,1-2H3/t13-,14+,18?. The Morgan fingerprint density at radius 3 is 2.59 bits per heavy atom. The zero-order chi connectivity index (χ0) is 20.8. The van der Waals surface area contributed by atoms with E-state index in [4.69, 9.17) is 4.74 Å². The maximum atomic E-state index is 12.9. The van der Waals surface area contributed by atoms with Gasteiger partial charge in [0.2, 0.25) is 15.9 Å². The molecule has 1 unspecified atom stereocenters.